The number of fused-ring (bicyclic) bond motifs is 2. The number of anilines is 2. The number of alkyl halides is 6. The van der Waals surface area contributed by atoms with Gasteiger partial charge in [-0.15, -0.1) is 0 Å². The fourth-order valence-electron chi connectivity index (χ4n) is 5.30. The predicted molar refractivity (Wildman–Crippen MR) is 130 cm³/mol. The Labute approximate surface area is 222 Å². The van der Waals surface area contributed by atoms with Crippen molar-refractivity contribution in [3.8, 4) is 0 Å². The van der Waals surface area contributed by atoms with Gasteiger partial charge >= 0.3 is 12.4 Å². The molecule has 1 atom stereocenters. The molecule has 0 spiro atoms. The maximum absolute atomic E-state index is 13.5. The third kappa shape index (κ3) is 4.35. The van der Waals surface area contributed by atoms with Crippen LogP contribution in [-0.2, 0) is 16.4 Å². The lowest BCUT2D eigenvalue weighted by Crippen LogP contribution is -2.39. The zero-order valence-corrected chi connectivity index (χ0v) is 20.6. The van der Waals surface area contributed by atoms with Gasteiger partial charge in [0.1, 0.15) is 29.4 Å². The molecule has 1 unspecified atom stereocenters. The summed E-state index contributed by atoms with van der Waals surface area (Å²) in [6, 6.07) is 2.04. The maximum Gasteiger partial charge on any atom is 0.417 e. The number of halogens is 6. The van der Waals surface area contributed by atoms with Gasteiger partial charge in [-0.1, -0.05) is 0 Å². The van der Waals surface area contributed by atoms with Crippen molar-refractivity contribution in [3.63, 3.8) is 0 Å². The highest BCUT2D eigenvalue weighted by Crippen LogP contribution is 2.57. The molecule has 4 N–H and O–H groups in total. The van der Waals surface area contributed by atoms with Crippen LogP contribution in [0.15, 0.2) is 34.5 Å². The first-order chi connectivity index (χ1) is 18.9. The standard InChI is InChI=1S/C24H21F6N9O/c25-22(26,27)7-1-2-13-20-33-10-34-39(20)9-14(35-13)18-36-17(31)16-19(37-18)38-21(40)23(16,11-3-4-11)15-6-5-12(8-32-15)24(28,29)30/h5-6,8-9,11,34H,1-4,7,10H2,(H3,31,36,37,38,40). The summed E-state index contributed by atoms with van der Waals surface area (Å²) in [5.41, 5.74) is 7.72. The molecule has 1 aliphatic carbocycles. The SMILES string of the molecule is Nc1nc(C2=CN3NCN=C3C(CCCC(F)(F)F)=N2)nc2c1C(c1ccc(C(F)(F)F)cn1)(C1CC1)C(=O)N2. The minimum Gasteiger partial charge on any atom is -0.383 e. The fraction of sp³-hybridized carbons (Fsp3) is 0.417. The molecule has 0 saturated heterocycles. The summed E-state index contributed by atoms with van der Waals surface area (Å²) in [6.07, 6.45) is -6.66. The van der Waals surface area contributed by atoms with Crippen LogP contribution in [-0.4, -0.2) is 50.3 Å². The van der Waals surface area contributed by atoms with E-state index in [9.17, 15) is 31.1 Å². The van der Waals surface area contributed by atoms with E-state index in [4.69, 9.17) is 5.73 Å². The van der Waals surface area contributed by atoms with Crippen molar-refractivity contribution in [2.75, 3.05) is 17.7 Å². The van der Waals surface area contributed by atoms with Gasteiger partial charge in [-0.05, 0) is 43.7 Å². The molecule has 16 heteroatoms. The number of nitrogens with zero attached hydrogens (tertiary/aromatic N) is 6. The summed E-state index contributed by atoms with van der Waals surface area (Å²) in [7, 11) is 0. The van der Waals surface area contributed by atoms with Crippen LogP contribution < -0.4 is 16.5 Å². The highest BCUT2D eigenvalue weighted by molar-refractivity contribution is 6.43. The molecule has 0 aromatic carbocycles. The first kappa shape index (κ1) is 26.2. The van der Waals surface area contributed by atoms with Crippen molar-refractivity contribution in [1.82, 2.24) is 25.4 Å². The van der Waals surface area contributed by atoms with Gasteiger partial charge in [-0.25, -0.2) is 25.4 Å². The number of hydrogen-bond acceptors (Lipinski definition) is 9. The Morgan fingerprint density at radius 3 is 2.55 bits per heavy atom. The van der Waals surface area contributed by atoms with Crippen LogP contribution in [0.4, 0.5) is 38.0 Å². The molecule has 1 saturated carbocycles. The van der Waals surface area contributed by atoms with Crippen molar-refractivity contribution in [3.05, 3.63) is 47.2 Å². The van der Waals surface area contributed by atoms with Gasteiger partial charge in [0.05, 0.1) is 28.7 Å². The Morgan fingerprint density at radius 1 is 1.12 bits per heavy atom. The lowest BCUT2D eigenvalue weighted by Gasteiger charge is -2.27. The third-order valence-electron chi connectivity index (χ3n) is 7.17. The molecule has 210 valence electrons. The summed E-state index contributed by atoms with van der Waals surface area (Å²) in [5.74, 6) is -0.422. The van der Waals surface area contributed by atoms with Gasteiger partial charge in [-0.3, -0.25) is 14.8 Å². The smallest absolute Gasteiger partial charge is 0.383 e. The average Bonchev–Trinajstić information content (AvgIpc) is 3.52. The number of nitrogens with two attached hydrogens (primary N) is 1. The molecule has 40 heavy (non-hydrogen) atoms. The summed E-state index contributed by atoms with van der Waals surface area (Å²) in [5, 5.41) is 4.21. The van der Waals surface area contributed by atoms with Gasteiger partial charge in [0.15, 0.2) is 11.7 Å². The van der Waals surface area contributed by atoms with Gasteiger partial charge < -0.3 is 11.1 Å². The van der Waals surface area contributed by atoms with Crippen LogP contribution in [0.1, 0.15) is 54.7 Å². The normalized spacial score (nSPS) is 22.4. The Morgan fingerprint density at radius 2 is 1.90 bits per heavy atom. The lowest BCUT2D eigenvalue weighted by atomic mass is 9.74. The summed E-state index contributed by atoms with van der Waals surface area (Å²) in [4.78, 5) is 35.1. The molecular weight excluding hydrogens is 544 g/mol. The Hall–Kier alpha value is -4.08. The average molecular weight is 565 g/mol. The Kier molecular flexibility index (Phi) is 5.87. The first-order valence-electron chi connectivity index (χ1n) is 12.3. The molecular formula is C24H21F6N9O. The van der Waals surface area contributed by atoms with Crippen LogP contribution in [0.5, 0.6) is 0 Å². The largest absolute Gasteiger partial charge is 0.417 e. The molecule has 2 aromatic rings. The van der Waals surface area contributed by atoms with E-state index >= 15 is 0 Å². The molecule has 0 bridgehead atoms. The number of hydrogen-bond donors (Lipinski definition) is 3. The first-order valence-corrected chi connectivity index (χ1v) is 12.3. The number of aliphatic imine (C=N–C) groups is 2. The number of nitrogen functional groups attached to an aromatic ring is 1. The minimum absolute atomic E-state index is 0.00426. The van der Waals surface area contributed by atoms with Crippen LogP contribution >= 0.6 is 0 Å². The molecule has 4 aliphatic rings. The zero-order chi connectivity index (χ0) is 28.4. The van der Waals surface area contributed by atoms with E-state index in [1.165, 1.54) is 17.3 Å². The number of nitrogens with one attached hydrogen (secondary N) is 2. The molecule has 6 rings (SSSR count). The molecule has 5 heterocycles. The molecule has 1 amide bonds. The second-order valence-corrected chi connectivity index (χ2v) is 9.83. The fourth-order valence-corrected chi connectivity index (χ4v) is 5.30. The predicted octanol–water partition coefficient (Wildman–Crippen LogP) is 3.78. The quantitative estimate of drug-likeness (QED) is 0.454. The Bertz CT molecular complexity index is 1480. The van der Waals surface area contributed by atoms with Crippen LogP contribution in [0.3, 0.4) is 0 Å². The third-order valence-corrected chi connectivity index (χ3v) is 7.17. The van der Waals surface area contributed by atoms with Crippen molar-refractivity contribution < 1.29 is 31.1 Å². The monoisotopic (exact) mass is 565 g/mol. The molecule has 1 fully saturated rings. The number of amidine groups is 1. The van der Waals surface area contributed by atoms with Crippen LogP contribution in [0.2, 0.25) is 0 Å². The minimum atomic E-state index is -4.60. The number of rotatable bonds is 6. The summed E-state index contributed by atoms with van der Waals surface area (Å²) < 4.78 is 77.6. The van der Waals surface area contributed by atoms with Gasteiger partial charge in [0.2, 0.25) is 5.91 Å². The Balaban J connectivity index is 1.38. The van der Waals surface area contributed by atoms with Gasteiger partial charge in [0, 0.05) is 12.6 Å². The number of aromatic nitrogens is 3. The second kappa shape index (κ2) is 8.97. The summed E-state index contributed by atoms with van der Waals surface area (Å²) >= 11 is 0. The van der Waals surface area contributed by atoms with E-state index in [0.29, 0.717) is 30.6 Å². The van der Waals surface area contributed by atoms with Crippen molar-refractivity contribution in [1.29, 1.82) is 0 Å². The van der Waals surface area contributed by atoms with Crippen molar-refractivity contribution in [2.45, 2.75) is 49.9 Å². The lowest BCUT2D eigenvalue weighted by molar-refractivity contribution is -0.138. The molecule has 10 nitrogen and oxygen atoms in total. The van der Waals surface area contributed by atoms with E-state index in [2.05, 4.69) is 35.7 Å². The number of hydrazine groups is 1. The van der Waals surface area contributed by atoms with Crippen molar-refractivity contribution in [2.24, 2.45) is 15.9 Å². The van der Waals surface area contributed by atoms with Gasteiger partial charge in [0.25, 0.3) is 0 Å². The zero-order valence-electron chi connectivity index (χ0n) is 20.6. The van der Waals surface area contributed by atoms with Crippen LogP contribution in [0.25, 0.3) is 5.70 Å². The maximum atomic E-state index is 13.5. The molecule has 0 radical (unpaired) electrons. The van der Waals surface area contributed by atoms with E-state index < -0.39 is 35.7 Å². The second-order valence-electron chi connectivity index (χ2n) is 9.83. The highest BCUT2D eigenvalue weighted by atomic mass is 19.4. The van der Waals surface area contributed by atoms with E-state index in [0.717, 1.165) is 6.07 Å². The number of carbonyl (C=O) groups excluding carboxylic acids is 1. The number of carbonyl (C=O) groups is 1. The molecule has 2 aromatic heterocycles. The van der Waals surface area contributed by atoms with E-state index in [-0.39, 0.29) is 59.8 Å². The number of amides is 1. The molecule has 3 aliphatic heterocycles. The highest BCUT2D eigenvalue weighted by Gasteiger charge is 2.60. The van der Waals surface area contributed by atoms with Crippen molar-refractivity contribution >= 4 is 34.8 Å². The number of pyridine rings is 1. The van der Waals surface area contributed by atoms with Crippen LogP contribution in [0, 0.1) is 5.92 Å². The topological polar surface area (TPSA) is 134 Å². The van der Waals surface area contributed by atoms with E-state index in [1.54, 1.807) is 0 Å². The van der Waals surface area contributed by atoms with E-state index in [1.807, 2.05) is 0 Å². The van der Waals surface area contributed by atoms with Gasteiger partial charge in [-0.2, -0.15) is 26.3 Å². The summed E-state index contributed by atoms with van der Waals surface area (Å²) in [6.45, 7) is 0.199.